The van der Waals surface area contributed by atoms with Crippen LogP contribution in [0.2, 0.25) is 10.0 Å². The van der Waals surface area contributed by atoms with Crippen molar-refractivity contribution in [2.45, 2.75) is 32.2 Å². The number of nitrogens with zero attached hydrogens (tertiary/aromatic N) is 3. The second-order valence-electron chi connectivity index (χ2n) is 8.35. The summed E-state index contributed by atoms with van der Waals surface area (Å²) in [7, 11) is 0. The highest BCUT2D eigenvalue weighted by Gasteiger charge is 2.25. The van der Waals surface area contributed by atoms with Crippen LogP contribution in [0.25, 0.3) is 11.0 Å². The minimum absolute atomic E-state index is 0.0247. The summed E-state index contributed by atoms with van der Waals surface area (Å²) >= 11 is 12.5. The number of benzene rings is 2. The van der Waals surface area contributed by atoms with Gasteiger partial charge in [0.15, 0.2) is 0 Å². The Balaban J connectivity index is 1.59. The van der Waals surface area contributed by atoms with Crippen LogP contribution in [0.3, 0.4) is 0 Å². The van der Waals surface area contributed by atoms with Crippen molar-refractivity contribution >= 4 is 40.1 Å². The molecule has 3 aromatic rings. The van der Waals surface area contributed by atoms with Gasteiger partial charge >= 0.3 is 0 Å². The molecule has 176 valence electrons. The Kier molecular flexibility index (Phi) is 8.25. The van der Waals surface area contributed by atoms with Gasteiger partial charge in [0.2, 0.25) is 5.91 Å². The number of halogens is 2. The molecule has 2 heterocycles. The van der Waals surface area contributed by atoms with E-state index < -0.39 is 0 Å². The molecule has 0 saturated carbocycles. The van der Waals surface area contributed by atoms with Crippen LogP contribution < -0.4 is 5.32 Å². The quantitative estimate of drug-likeness (QED) is 0.473. The molecule has 0 spiro atoms. The zero-order chi connectivity index (χ0) is 23.2. The molecule has 1 N–H and O–H groups in total. The Morgan fingerprint density at radius 3 is 2.73 bits per heavy atom. The van der Waals surface area contributed by atoms with Gasteiger partial charge < -0.3 is 14.6 Å². The molecule has 0 aliphatic carbocycles. The maximum absolute atomic E-state index is 13.4. The monoisotopic (exact) mass is 488 g/mol. The molecule has 1 atom stereocenters. The van der Waals surface area contributed by atoms with E-state index in [1.807, 2.05) is 36.4 Å². The number of amides is 1. The van der Waals surface area contributed by atoms with E-state index in [1.54, 1.807) is 6.07 Å². The molecule has 2 aromatic carbocycles. The van der Waals surface area contributed by atoms with E-state index in [4.69, 9.17) is 32.9 Å². The number of ether oxygens (including phenoxy) is 1. The van der Waals surface area contributed by atoms with Gasteiger partial charge in [0.05, 0.1) is 24.2 Å². The SMILES string of the molecule is CCC[C@@H](C(=O)NCCN1CCOCC1)n1c(Cc2ccc(Cl)cc2Cl)nc2ccccc21. The Morgan fingerprint density at radius 1 is 1.18 bits per heavy atom. The van der Waals surface area contributed by atoms with Gasteiger partial charge in [-0.2, -0.15) is 0 Å². The standard InChI is InChI=1S/C25H30Cl2N4O2/c1-2-5-23(25(32)28-10-11-30-12-14-33-15-13-30)31-22-7-4-3-6-21(22)29-24(31)16-18-8-9-19(26)17-20(18)27/h3-4,6-9,17,23H,2,5,10-16H2,1H3,(H,28,32)/t23-/m0/s1. The molecule has 33 heavy (non-hydrogen) atoms. The maximum Gasteiger partial charge on any atom is 0.243 e. The topological polar surface area (TPSA) is 59.4 Å². The van der Waals surface area contributed by atoms with Crippen molar-refractivity contribution < 1.29 is 9.53 Å². The number of hydrogen-bond donors (Lipinski definition) is 1. The molecule has 1 aliphatic rings. The van der Waals surface area contributed by atoms with E-state index in [0.717, 1.165) is 68.1 Å². The van der Waals surface area contributed by atoms with Crippen molar-refractivity contribution in [3.8, 4) is 0 Å². The Bertz CT molecular complexity index is 1100. The molecule has 8 heteroatoms. The zero-order valence-corrected chi connectivity index (χ0v) is 20.4. The molecule has 1 fully saturated rings. The lowest BCUT2D eigenvalue weighted by Crippen LogP contribution is -2.42. The molecule has 0 radical (unpaired) electrons. The molecular formula is C25H30Cl2N4O2. The highest BCUT2D eigenvalue weighted by Crippen LogP contribution is 2.29. The van der Waals surface area contributed by atoms with E-state index in [-0.39, 0.29) is 11.9 Å². The highest BCUT2D eigenvalue weighted by molar-refractivity contribution is 6.35. The first-order valence-electron chi connectivity index (χ1n) is 11.5. The fraction of sp³-hybridized carbons (Fsp3) is 0.440. The molecule has 1 saturated heterocycles. The summed E-state index contributed by atoms with van der Waals surface area (Å²) in [6.45, 7) is 6.87. The number of carbonyl (C=O) groups excluding carboxylic acids is 1. The second-order valence-corrected chi connectivity index (χ2v) is 9.19. The molecule has 4 rings (SSSR count). The van der Waals surface area contributed by atoms with Gasteiger partial charge in [0.25, 0.3) is 0 Å². The summed E-state index contributed by atoms with van der Waals surface area (Å²) in [6.07, 6.45) is 2.13. The Hall–Kier alpha value is -2.12. The van der Waals surface area contributed by atoms with Gasteiger partial charge in [-0.15, -0.1) is 0 Å². The van der Waals surface area contributed by atoms with Gasteiger partial charge in [0.1, 0.15) is 11.9 Å². The van der Waals surface area contributed by atoms with Crippen LogP contribution in [-0.2, 0) is 16.0 Å². The molecular weight excluding hydrogens is 459 g/mol. The van der Waals surface area contributed by atoms with E-state index in [1.165, 1.54) is 0 Å². The van der Waals surface area contributed by atoms with E-state index in [0.29, 0.717) is 23.0 Å². The number of carbonyl (C=O) groups is 1. The Labute approximate surface area is 204 Å². The molecule has 6 nitrogen and oxygen atoms in total. The van der Waals surface area contributed by atoms with Gasteiger partial charge in [0, 0.05) is 42.6 Å². The van der Waals surface area contributed by atoms with Crippen LogP contribution in [0.5, 0.6) is 0 Å². The van der Waals surface area contributed by atoms with Crippen LogP contribution in [-0.4, -0.2) is 59.8 Å². The number of imidazole rings is 1. The van der Waals surface area contributed by atoms with Crippen LogP contribution in [0.1, 0.15) is 37.2 Å². The van der Waals surface area contributed by atoms with Gasteiger partial charge in [-0.1, -0.05) is 54.7 Å². The summed E-state index contributed by atoms with van der Waals surface area (Å²) in [6, 6.07) is 13.1. The average Bonchev–Trinajstić information content (AvgIpc) is 3.17. The minimum atomic E-state index is -0.340. The first-order chi connectivity index (χ1) is 16.1. The predicted molar refractivity (Wildman–Crippen MR) is 133 cm³/mol. The van der Waals surface area contributed by atoms with Crippen LogP contribution in [0, 0.1) is 0 Å². The predicted octanol–water partition coefficient (Wildman–Crippen LogP) is 4.72. The molecule has 1 aliphatic heterocycles. The van der Waals surface area contributed by atoms with Crippen LogP contribution in [0.15, 0.2) is 42.5 Å². The lowest BCUT2D eigenvalue weighted by Gasteiger charge is -2.27. The summed E-state index contributed by atoms with van der Waals surface area (Å²) < 4.78 is 7.50. The first-order valence-corrected chi connectivity index (χ1v) is 12.3. The molecule has 1 amide bonds. The average molecular weight is 489 g/mol. The number of hydrogen-bond acceptors (Lipinski definition) is 4. The Morgan fingerprint density at radius 2 is 1.97 bits per heavy atom. The van der Waals surface area contributed by atoms with Crippen molar-refractivity contribution in [3.05, 3.63) is 63.9 Å². The van der Waals surface area contributed by atoms with Crippen molar-refractivity contribution in [2.24, 2.45) is 0 Å². The number of rotatable bonds is 9. The van der Waals surface area contributed by atoms with Crippen molar-refractivity contribution in [2.75, 3.05) is 39.4 Å². The summed E-state index contributed by atoms with van der Waals surface area (Å²) in [5, 5.41) is 4.36. The second kappa shape index (κ2) is 11.3. The third-order valence-electron chi connectivity index (χ3n) is 6.04. The van der Waals surface area contributed by atoms with Crippen molar-refractivity contribution in [1.29, 1.82) is 0 Å². The smallest absolute Gasteiger partial charge is 0.243 e. The van der Waals surface area contributed by atoms with Gasteiger partial charge in [-0.05, 0) is 36.2 Å². The summed E-state index contributed by atoms with van der Waals surface area (Å²) in [5.41, 5.74) is 2.76. The fourth-order valence-electron chi connectivity index (χ4n) is 4.33. The molecule has 1 aromatic heterocycles. The minimum Gasteiger partial charge on any atom is -0.379 e. The lowest BCUT2D eigenvalue weighted by molar-refractivity contribution is -0.124. The number of nitrogens with one attached hydrogen (secondary N) is 1. The van der Waals surface area contributed by atoms with Crippen LogP contribution >= 0.6 is 23.2 Å². The maximum atomic E-state index is 13.4. The molecule has 0 bridgehead atoms. The number of fused-ring (bicyclic) bond motifs is 1. The van der Waals surface area contributed by atoms with Crippen LogP contribution in [0.4, 0.5) is 0 Å². The van der Waals surface area contributed by atoms with E-state index in [9.17, 15) is 4.79 Å². The number of aromatic nitrogens is 2. The van der Waals surface area contributed by atoms with E-state index in [2.05, 4.69) is 21.7 Å². The lowest BCUT2D eigenvalue weighted by atomic mass is 10.1. The number of para-hydroxylation sites is 2. The summed E-state index contributed by atoms with van der Waals surface area (Å²) in [5.74, 6) is 0.846. The molecule has 0 unspecified atom stereocenters. The third-order valence-corrected chi connectivity index (χ3v) is 6.63. The van der Waals surface area contributed by atoms with Crippen molar-refractivity contribution in [3.63, 3.8) is 0 Å². The fourth-order valence-corrected chi connectivity index (χ4v) is 4.81. The highest BCUT2D eigenvalue weighted by atomic mass is 35.5. The van der Waals surface area contributed by atoms with Gasteiger partial charge in [-0.3, -0.25) is 9.69 Å². The summed E-state index contributed by atoms with van der Waals surface area (Å²) in [4.78, 5) is 20.6. The van der Waals surface area contributed by atoms with Crippen molar-refractivity contribution in [1.82, 2.24) is 19.8 Å². The first kappa shape index (κ1) is 24.0. The zero-order valence-electron chi connectivity index (χ0n) is 18.9. The van der Waals surface area contributed by atoms with E-state index >= 15 is 0 Å². The normalized spacial score (nSPS) is 15.6. The third kappa shape index (κ3) is 5.87. The van der Waals surface area contributed by atoms with Gasteiger partial charge in [-0.25, -0.2) is 4.98 Å². The number of morpholine rings is 1. The largest absolute Gasteiger partial charge is 0.379 e.